The Hall–Kier alpha value is -2.89. The first-order valence-electron chi connectivity index (χ1n) is 9.22. The molecule has 0 saturated heterocycles. The Morgan fingerprint density at radius 3 is 2.44 bits per heavy atom. The van der Waals surface area contributed by atoms with Crippen molar-refractivity contribution in [1.82, 2.24) is 15.6 Å². The maximum Gasteiger partial charge on any atom is 0.251 e. The van der Waals surface area contributed by atoms with Crippen LogP contribution in [0.4, 0.5) is 0 Å². The summed E-state index contributed by atoms with van der Waals surface area (Å²) in [5.74, 6) is 0.199. The van der Waals surface area contributed by atoms with E-state index in [9.17, 15) is 9.59 Å². The summed E-state index contributed by atoms with van der Waals surface area (Å²) in [6, 6.07) is 12.0. The third-order valence-corrected chi connectivity index (χ3v) is 4.07. The van der Waals surface area contributed by atoms with Crippen LogP contribution in [0, 0.1) is 5.92 Å². The summed E-state index contributed by atoms with van der Waals surface area (Å²) in [6.45, 7) is 6.75. The second kappa shape index (κ2) is 10.3. The fourth-order valence-corrected chi connectivity index (χ4v) is 2.60. The average molecular weight is 369 g/mol. The normalized spacial score (nSPS) is 11.7. The molecule has 0 saturated carbocycles. The van der Waals surface area contributed by atoms with Gasteiger partial charge in [0.15, 0.2) is 0 Å². The van der Waals surface area contributed by atoms with Gasteiger partial charge in [-0.1, -0.05) is 19.9 Å². The molecule has 0 aliphatic rings. The van der Waals surface area contributed by atoms with E-state index in [1.807, 2.05) is 39.0 Å². The number of aromatic nitrogens is 1. The van der Waals surface area contributed by atoms with Crippen LogP contribution in [0.5, 0.6) is 5.75 Å². The number of hydrogen-bond acceptors (Lipinski definition) is 4. The van der Waals surface area contributed by atoms with Crippen LogP contribution in [-0.4, -0.2) is 36.0 Å². The van der Waals surface area contributed by atoms with Gasteiger partial charge in [0.05, 0.1) is 6.61 Å². The van der Waals surface area contributed by atoms with Crippen LogP contribution in [0.1, 0.15) is 36.8 Å². The highest BCUT2D eigenvalue weighted by molar-refractivity contribution is 5.97. The van der Waals surface area contributed by atoms with Gasteiger partial charge in [0.1, 0.15) is 11.8 Å². The molecule has 2 aromatic rings. The summed E-state index contributed by atoms with van der Waals surface area (Å²) in [6.07, 6.45) is 2.37. The minimum Gasteiger partial charge on any atom is -0.494 e. The molecule has 0 bridgehead atoms. The first-order chi connectivity index (χ1) is 13.0. The van der Waals surface area contributed by atoms with E-state index < -0.39 is 6.04 Å². The van der Waals surface area contributed by atoms with Gasteiger partial charge in [0.25, 0.3) is 5.91 Å². The Labute approximate surface area is 160 Å². The molecule has 1 atom stereocenters. The quantitative estimate of drug-likeness (QED) is 0.712. The predicted octanol–water partition coefficient (Wildman–Crippen LogP) is 2.59. The average Bonchev–Trinajstić information content (AvgIpc) is 2.67. The summed E-state index contributed by atoms with van der Waals surface area (Å²) in [4.78, 5) is 29.2. The monoisotopic (exact) mass is 369 g/mol. The number of nitrogens with one attached hydrogen (secondary N) is 2. The second-order valence-electron chi connectivity index (χ2n) is 6.51. The Kier molecular flexibility index (Phi) is 7.79. The molecule has 27 heavy (non-hydrogen) atoms. The van der Waals surface area contributed by atoms with Crippen molar-refractivity contribution in [2.75, 3.05) is 13.2 Å². The lowest BCUT2D eigenvalue weighted by molar-refractivity contribution is -0.123. The van der Waals surface area contributed by atoms with E-state index in [2.05, 4.69) is 15.6 Å². The van der Waals surface area contributed by atoms with Crippen LogP contribution in [0.25, 0.3) is 0 Å². The van der Waals surface area contributed by atoms with Crippen molar-refractivity contribution >= 4 is 11.8 Å². The van der Waals surface area contributed by atoms with Crippen molar-refractivity contribution in [3.8, 4) is 5.75 Å². The van der Waals surface area contributed by atoms with E-state index >= 15 is 0 Å². The number of pyridine rings is 1. The molecular weight excluding hydrogens is 342 g/mol. The van der Waals surface area contributed by atoms with Crippen molar-refractivity contribution in [2.45, 2.75) is 33.2 Å². The molecule has 0 fully saturated rings. The number of nitrogens with zero attached hydrogens (tertiary/aromatic N) is 1. The maximum absolute atomic E-state index is 12.5. The lowest BCUT2D eigenvalue weighted by Gasteiger charge is -2.22. The lowest BCUT2D eigenvalue weighted by Crippen LogP contribution is -2.50. The van der Waals surface area contributed by atoms with Gasteiger partial charge in [-0.15, -0.1) is 0 Å². The van der Waals surface area contributed by atoms with Crippen LogP contribution >= 0.6 is 0 Å². The zero-order chi connectivity index (χ0) is 19.6. The summed E-state index contributed by atoms with van der Waals surface area (Å²) in [5, 5.41) is 5.71. The fraction of sp³-hybridized carbons (Fsp3) is 0.381. The Bertz CT molecular complexity index is 730. The largest absolute Gasteiger partial charge is 0.494 e. The van der Waals surface area contributed by atoms with Gasteiger partial charge >= 0.3 is 0 Å². The molecule has 2 amide bonds. The molecule has 1 unspecified atom stereocenters. The Balaban J connectivity index is 1.91. The highest BCUT2D eigenvalue weighted by atomic mass is 16.5. The van der Waals surface area contributed by atoms with Crippen LogP contribution < -0.4 is 15.4 Å². The molecule has 1 heterocycles. The number of carbonyl (C=O) groups is 2. The summed E-state index contributed by atoms with van der Waals surface area (Å²) in [7, 11) is 0. The van der Waals surface area contributed by atoms with Crippen molar-refractivity contribution < 1.29 is 14.3 Å². The SMILES string of the molecule is CCOc1ccc(C(=O)NC(C(=O)NCCc2ccccn2)C(C)C)cc1. The van der Waals surface area contributed by atoms with Gasteiger partial charge in [-0.05, 0) is 49.2 Å². The van der Waals surface area contributed by atoms with Crippen LogP contribution in [0.15, 0.2) is 48.7 Å². The van der Waals surface area contributed by atoms with E-state index in [4.69, 9.17) is 4.74 Å². The first-order valence-corrected chi connectivity index (χ1v) is 9.22. The van der Waals surface area contributed by atoms with Gasteiger partial charge in [-0.3, -0.25) is 14.6 Å². The molecule has 0 spiro atoms. The molecule has 2 rings (SSSR count). The number of benzene rings is 1. The van der Waals surface area contributed by atoms with Crippen LogP contribution in [-0.2, 0) is 11.2 Å². The molecule has 1 aromatic heterocycles. The minimum absolute atomic E-state index is 0.0356. The fourth-order valence-electron chi connectivity index (χ4n) is 2.60. The van der Waals surface area contributed by atoms with Crippen molar-refractivity contribution in [2.24, 2.45) is 5.92 Å². The number of hydrogen-bond donors (Lipinski definition) is 2. The molecule has 1 aromatic carbocycles. The Morgan fingerprint density at radius 1 is 1.11 bits per heavy atom. The zero-order valence-corrected chi connectivity index (χ0v) is 16.1. The third-order valence-electron chi connectivity index (χ3n) is 4.07. The van der Waals surface area contributed by atoms with E-state index in [0.29, 0.717) is 30.9 Å². The maximum atomic E-state index is 12.5. The molecular formula is C21H27N3O3. The molecule has 0 aliphatic heterocycles. The topological polar surface area (TPSA) is 80.3 Å². The predicted molar refractivity (Wildman–Crippen MR) is 105 cm³/mol. The van der Waals surface area contributed by atoms with Crippen molar-refractivity contribution in [1.29, 1.82) is 0 Å². The molecule has 144 valence electrons. The second-order valence-corrected chi connectivity index (χ2v) is 6.51. The minimum atomic E-state index is -0.604. The van der Waals surface area contributed by atoms with Crippen LogP contribution in [0.3, 0.4) is 0 Å². The summed E-state index contributed by atoms with van der Waals surface area (Å²) < 4.78 is 5.38. The molecule has 6 heteroatoms. The van der Waals surface area contributed by atoms with E-state index in [1.54, 1.807) is 30.5 Å². The summed E-state index contributed by atoms with van der Waals surface area (Å²) in [5.41, 5.74) is 1.41. The number of amides is 2. The standard InChI is InChI=1S/C21H27N3O3/c1-4-27-18-10-8-16(9-11-18)20(25)24-19(15(2)3)21(26)23-14-12-17-7-5-6-13-22-17/h5-11,13,15,19H,4,12,14H2,1-3H3,(H,23,26)(H,24,25). The first kappa shape index (κ1) is 20.4. The van der Waals surface area contributed by atoms with E-state index in [0.717, 1.165) is 5.69 Å². The third kappa shape index (κ3) is 6.40. The van der Waals surface area contributed by atoms with Gasteiger partial charge < -0.3 is 15.4 Å². The molecule has 2 N–H and O–H groups in total. The molecule has 0 radical (unpaired) electrons. The van der Waals surface area contributed by atoms with Gasteiger partial charge in [-0.2, -0.15) is 0 Å². The number of ether oxygens (including phenoxy) is 1. The zero-order valence-electron chi connectivity index (χ0n) is 16.1. The van der Waals surface area contributed by atoms with Crippen molar-refractivity contribution in [3.63, 3.8) is 0 Å². The van der Waals surface area contributed by atoms with Gasteiger partial charge in [-0.25, -0.2) is 0 Å². The molecule has 0 aliphatic carbocycles. The van der Waals surface area contributed by atoms with Gasteiger partial charge in [0, 0.05) is 30.4 Å². The lowest BCUT2D eigenvalue weighted by atomic mass is 10.0. The Morgan fingerprint density at radius 2 is 1.85 bits per heavy atom. The number of carbonyl (C=O) groups excluding carboxylic acids is 2. The highest BCUT2D eigenvalue weighted by Gasteiger charge is 2.24. The molecule has 6 nitrogen and oxygen atoms in total. The van der Waals surface area contributed by atoms with Gasteiger partial charge in [0.2, 0.25) is 5.91 Å². The van der Waals surface area contributed by atoms with E-state index in [1.165, 1.54) is 0 Å². The van der Waals surface area contributed by atoms with Crippen molar-refractivity contribution in [3.05, 3.63) is 59.9 Å². The van der Waals surface area contributed by atoms with Crippen LogP contribution in [0.2, 0.25) is 0 Å². The van der Waals surface area contributed by atoms with E-state index in [-0.39, 0.29) is 17.7 Å². The highest BCUT2D eigenvalue weighted by Crippen LogP contribution is 2.13. The summed E-state index contributed by atoms with van der Waals surface area (Å²) >= 11 is 0. The number of rotatable bonds is 9. The smallest absolute Gasteiger partial charge is 0.251 e.